The zero-order valence-corrected chi connectivity index (χ0v) is 25.3. The molecule has 214 valence electrons. The Morgan fingerprint density at radius 1 is 1.10 bits per heavy atom. The maximum Gasteiger partial charge on any atom is 0.251 e. The van der Waals surface area contributed by atoms with Gasteiger partial charge in [0.2, 0.25) is 11.8 Å². The third kappa shape index (κ3) is 6.58. The van der Waals surface area contributed by atoms with Crippen LogP contribution >= 0.6 is 28.3 Å². The van der Waals surface area contributed by atoms with E-state index in [9.17, 15) is 14.4 Å². The summed E-state index contributed by atoms with van der Waals surface area (Å²) in [6, 6.07) is 15.6. The number of anilines is 2. The Kier molecular flexibility index (Phi) is 10.9. The summed E-state index contributed by atoms with van der Waals surface area (Å²) < 4.78 is 11.8. The highest BCUT2D eigenvalue weighted by molar-refractivity contribution is 9.10. The number of methoxy groups -OCH3 is 2. The van der Waals surface area contributed by atoms with Gasteiger partial charge in [0.05, 0.1) is 50.6 Å². The Hall–Kier alpha value is -3.18. The summed E-state index contributed by atoms with van der Waals surface area (Å²) >= 11 is 3.53. The smallest absolute Gasteiger partial charge is 0.251 e. The SMILES string of the molecule is CN[C@@H](C)C(=O)N[C@H]1CN(C(=O)CCOC)c2ccccc2N(Cc2c(OC)ccc3cc(Br)ccc23)C1=O.Cl. The lowest BCUT2D eigenvalue weighted by atomic mass is 10.0. The first kappa shape index (κ1) is 31.3. The summed E-state index contributed by atoms with van der Waals surface area (Å²) in [6.07, 6.45) is 0.138. The average Bonchev–Trinajstić information content (AvgIpc) is 3.06. The molecular weight excluding hydrogens is 600 g/mol. The van der Waals surface area contributed by atoms with Crippen LogP contribution in [0, 0.1) is 0 Å². The Balaban J connectivity index is 0.00000441. The van der Waals surface area contributed by atoms with Gasteiger partial charge in [-0.1, -0.05) is 40.2 Å². The molecule has 4 rings (SSSR count). The number of carbonyl (C=O) groups excluding carboxylic acids is 3. The van der Waals surface area contributed by atoms with Crippen molar-refractivity contribution >= 4 is 68.2 Å². The van der Waals surface area contributed by atoms with E-state index >= 15 is 0 Å². The highest BCUT2D eigenvalue weighted by Gasteiger charge is 2.37. The number of ether oxygens (including phenoxy) is 2. The van der Waals surface area contributed by atoms with Gasteiger partial charge in [0.15, 0.2) is 0 Å². The van der Waals surface area contributed by atoms with Crippen LogP contribution in [0.1, 0.15) is 18.9 Å². The quantitative estimate of drug-likeness (QED) is 0.369. The molecule has 0 saturated heterocycles. The highest BCUT2D eigenvalue weighted by Crippen LogP contribution is 2.37. The number of hydrogen-bond donors (Lipinski definition) is 2. The fraction of sp³-hybridized carbons (Fsp3) is 0.345. The van der Waals surface area contributed by atoms with Crippen LogP contribution in [-0.4, -0.2) is 64.2 Å². The highest BCUT2D eigenvalue weighted by atomic mass is 79.9. The number of nitrogens with zero attached hydrogens (tertiary/aromatic N) is 2. The molecule has 3 aromatic carbocycles. The maximum absolute atomic E-state index is 14.2. The van der Waals surface area contributed by atoms with Crippen molar-refractivity contribution in [3.8, 4) is 5.75 Å². The second kappa shape index (κ2) is 13.9. The van der Waals surface area contributed by atoms with Crippen LogP contribution in [0.4, 0.5) is 11.4 Å². The predicted octanol–water partition coefficient (Wildman–Crippen LogP) is 4.04. The number of carbonyl (C=O) groups is 3. The Labute approximate surface area is 248 Å². The zero-order chi connectivity index (χ0) is 28.1. The summed E-state index contributed by atoms with van der Waals surface area (Å²) in [5.41, 5.74) is 1.98. The fourth-order valence-electron chi connectivity index (χ4n) is 4.70. The summed E-state index contributed by atoms with van der Waals surface area (Å²) in [5.74, 6) is -0.222. The maximum atomic E-state index is 14.2. The number of rotatable bonds is 9. The molecule has 0 radical (unpaired) electrons. The second-order valence-electron chi connectivity index (χ2n) is 9.34. The number of para-hydroxylation sites is 2. The van der Waals surface area contributed by atoms with Gasteiger partial charge in [0.25, 0.3) is 5.91 Å². The number of nitrogens with one attached hydrogen (secondary N) is 2. The van der Waals surface area contributed by atoms with Crippen LogP contribution in [0.5, 0.6) is 5.75 Å². The standard InChI is InChI=1S/C29H33BrN4O5.ClH/c1-18(31-2)28(36)32-23-17-33(27(35)13-14-38-3)24-7-5-6-8-25(24)34(29(23)37)16-22-21-11-10-20(30)15-19(21)9-12-26(22)39-4;/h5-12,15,18,23,31H,13-14,16-17H2,1-4H3,(H,32,36);1H/t18-,23-;/m0./s1. The van der Waals surface area contributed by atoms with E-state index in [-0.39, 0.29) is 56.2 Å². The minimum Gasteiger partial charge on any atom is -0.496 e. The van der Waals surface area contributed by atoms with E-state index in [0.717, 1.165) is 20.8 Å². The third-order valence-corrected chi connectivity index (χ3v) is 7.44. The Morgan fingerprint density at radius 3 is 2.50 bits per heavy atom. The van der Waals surface area contributed by atoms with Crippen LogP contribution < -0.4 is 25.2 Å². The average molecular weight is 634 g/mol. The molecule has 1 heterocycles. The van der Waals surface area contributed by atoms with E-state index in [0.29, 0.717) is 17.1 Å². The molecule has 1 aliphatic rings. The van der Waals surface area contributed by atoms with Gasteiger partial charge in [-0.2, -0.15) is 0 Å². The van der Waals surface area contributed by atoms with E-state index < -0.39 is 12.1 Å². The Morgan fingerprint density at radius 2 is 1.82 bits per heavy atom. The molecule has 0 fully saturated rings. The van der Waals surface area contributed by atoms with Gasteiger partial charge in [0.1, 0.15) is 11.8 Å². The number of likely N-dealkylation sites (N-methyl/N-ethyl adjacent to an activating group) is 1. The van der Waals surface area contributed by atoms with E-state index in [2.05, 4.69) is 26.6 Å². The number of halogens is 2. The molecule has 3 aromatic rings. The number of fused-ring (bicyclic) bond motifs is 2. The molecule has 9 nitrogen and oxygen atoms in total. The molecule has 40 heavy (non-hydrogen) atoms. The third-order valence-electron chi connectivity index (χ3n) is 6.94. The van der Waals surface area contributed by atoms with Crippen LogP contribution in [0.3, 0.4) is 0 Å². The van der Waals surface area contributed by atoms with Crippen molar-refractivity contribution in [2.24, 2.45) is 0 Å². The number of amides is 3. The van der Waals surface area contributed by atoms with E-state index in [1.54, 1.807) is 30.9 Å². The second-order valence-corrected chi connectivity index (χ2v) is 10.3. The van der Waals surface area contributed by atoms with Crippen molar-refractivity contribution in [2.45, 2.75) is 32.0 Å². The molecule has 0 saturated carbocycles. The van der Waals surface area contributed by atoms with Gasteiger partial charge in [-0.05, 0) is 55.1 Å². The zero-order valence-electron chi connectivity index (χ0n) is 22.9. The van der Waals surface area contributed by atoms with Crippen LogP contribution in [0.2, 0.25) is 0 Å². The van der Waals surface area contributed by atoms with Gasteiger partial charge in [0, 0.05) is 17.1 Å². The molecule has 11 heteroatoms. The normalized spacial score (nSPS) is 15.6. The van der Waals surface area contributed by atoms with E-state index in [1.165, 1.54) is 7.11 Å². The summed E-state index contributed by atoms with van der Waals surface area (Å²) in [7, 11) is 4.81. The fourth-order valence-corrected chi connectivity index (χ4v) is 5.08. The number of hydrogen-bond acceptors (Lipinski definition) is 6. The topological polar surface area (TPSA) is 100 Å². The lowest BCUT2D eigenvalue weighted by Crippen LogP contribution is -2.55. The van der Waals surface area contributed by atoms with Crippen molar-refractivity contribution in [2.75, 3.05) is 44.2 Å². The van der Waals surface area contributed by atoms with Crippen LogP contribution in [0.15, 0.2) is 59.1 Å². The molecular formula is C29H34BrClN4O5. The van der Waals surface area contributed by atoms with Gasteiger partial charge in [-0.25, -0.2) is 0 Å². The van der Waals surface area contributed by atoms with Crippen molar-refractivity contribution in [3.05, 3.63) is 64.6 Å². The van der Waals surface area contributed by atoms with Crippen molar-refractivity contribution < 1.29 is 23.9 Å². The molecule has 1 aliphatic heterocycles. The molecule has 0 aliphatic carbocycles. The first-order valence-corrected chi connectivity index (χ1v) is 13.5. The van der Waals surface area contributed by atoms with Gasteiger partial charge < -0.3 is 29.9 Å². The predicted molar refractivity (Wildman–Crippen MR) is 162 cm³/mol. The summed E-state index contributed by atoms with van der Waals surface area (Å²) in [5, 5.41) is 7.69. The minimum atomic E-state index is -0.970. The molecule has 2 atom stereocenters. The Bertz CT molecular complexity index is 1390. The number of benzene rings is 3. The lowest BCUT2D eigenvalue weighted by molar-refractivity contribution is -0.128. The molecule has 2 N–H and O–H groups in total. The largest absolute Gasteiger partial charge is 0.496 e. The van der Waals surface area contributed by atoms with Crippen molar-refractivity contribution in [1.82, 2.24) is 10.6 Å². The monoisotopic (exact) mass is 632 g/mol. The van der Waals surface area contributed by atoms with Crippen molar-refractivity contribution in [3.63, 3.8) is 0 Å². The molecule has 0 spiro atoms. The van der Waals surface area contributed by atoms with Crippen molar-refractivity contribution in [1.29, 1.82) is 0 Å². The lowest BCUT2D eigenvalue weighted by Gasteiger charge is -2.27. The van der Waals surface area contributed by atoms with Gasteiger partial charge >= 0.3 is 0 Å². The molecule has 0 unspecified atom stereocenters. The van der Waals surface area contributed by atoms with Gasteiger partial charge in [-0.15, -0.1) is 12.4 Å². The first-order valence-electron chi connectivity index (χ1n) is 12.7. The molecule has 0 bridgehead atoms. The van der Waals surface area contributed by atoms with Gasteiger partial charge in [-0.3, -0.25) is 14.4 Å². The van der Waals surface area contributed by atoms with Crippen LogP contribution in [0.25, 0.3) is 10.8 Å². The summed E-state index contributed by atoms with van der Waals surface area (Å²) in [4.78, 5) is 43.7. The molecule has 3 amide bonds. The van der Waals surface area contributed by atoms with E-state index in [4.69, 9.17) is 9.47 Å². The first-order chi connectivity index (χ1) is 18.8. The summed E-state index contributed by atoms with van der Waals surface area (Å²) in [6.45, 7) is 2.12. The van der Waals surface area contributed by atoms with E-state index in [1.807, 2.05) is 54.6 Å². The van der Waals surface area contributed by atoms with Crippen LogP contribution in [-0.2, 0) is 25.7 Å². The molecule has 0 aromatic heterocycles. The minimum absolute atomic E-state index is 0.